The molecule has 0 aliphatic rings. The van der Waals surface area contributed by atoms with Crippen LogP contribution < -0.4 is 10.2 Å². The zero-order valence-corrected chi connectivity index (χ0v) is 11.1. The largest absolute Gasteiger partial charge is 0.624 e. The second kappa shape index (κ2) is 5.35. The fourth-order valence-electron chi connectivity index (χ4n) is 1.29. The van der Waals surface area contributed by atoms with Crippen molar-refractivity contribution in [2.75, 3.05) is 27.7 Å². The number of aliphatic hydroxyl groups excluding tert-OH is 1. The molecule has 0 heterocycles. The van der Waals surface area contributed by atoms with Gasteiger partial charge in [0.25, 0.3) is 5.48 Å². The highest BCUT2D eigenvalue weighted by molar-refractivity contribution is 7.59. The van der Waals surface area contributed by atoms with E-state index in [4.69, 9.17) is 5.39 Å². The van der Waals surface area contributed by atoms with Crippen LogP contribution in [0.25, 0.3) is 4.98 Å². The van der Waals surface area contributed by atoms with Crippen LogP contribution in [0.3, 0.4) is 0 Å². The van der Waals surface area contributed by atoms with E-state index in [1.54, 1.807) is 24.3 Å². The summed E-state index contributed by atoms with van der Waals surface area (Å²) in [6.45, 7) is 0.335. The first-order valence-corrected chi connectivity index (χ1v) is 6.37. The molecule has 1 unspecified atom stereocenters. The third-order valence-electron chi connectivity index (χ3n) is 2.05. The monoisotopic (exact) mass is 253 g/mol. The van der Waals surface area contributed by atoms with Gasteiger partial charge in [0.15, 0.2) is 11.5 Å². The smallest absolute Gasteiger partial charge is 0.385 e. The lowest BCUT2D eigenvalue weighted by Gasteiger charge is -2.21. The predicted octanol–water partition coefficient (Wildman–Crippen LogP) is 0.762. The lowest BCUT2D eigenvalue weighted by molar-refractivity contribution is -0.861. The van der Waals surface area contributed by atoms with Crippen molar-refractivity contribution in [2.24, 2.45) is 0 Å². The number of hydrogen-bond donors (Lipinski definition) is 1. The Hall–Kier alpha value is -1.31. The molecule has 0 fully saturated rings. The Bertz CT molecular complexity index is 469. The normalized spacial score (nSPS) is 12.9. The first-order chi connectivity index (χ1) is 7.83. The second-order valence-corrected chi connectivity index (χ2v) is 6.40. The maximum atomic E-state index is 12.0. The van der Waals surface area contributed by atoms with Crippen molar-refractivity contribution in [1.29, 1.82) is 5.39 Å². The lowest BCUT2D eigenvalue weighted by Crippen LogP contribution is -2.40. The summed E-state index contributed by atoms with van der Waals surface area (Å²) in [5.74, 6) is 0. The van der Waals surface area contributed by atoms with Gasteiger partial charge in [0.1, 0.15) is 13.1 Å². The first kappa shape index (κ1) is 13.8. The van der Waals surface area contributed by atoms with Crippen molar-refractivity contribution >= 4 is 24.2 Å². The topological polar surface area (TPSA) is 71.4 Å². The number of hydrogen-bond acceptors (Lipinski definition) is 2. The van der Waals surface area contributed by atoms with Gasteiger partial charge in [-0.05, 0) is 12.1 Å². The third kappa shape index (κ3) is 4.22. The lowest BCUT2D eigenvalue weighted by atomic mass is 10.3. The van der Waals surface area contributed by atoms with Crippen LogP contribution in [0.2, 0.25) is 0 Å². The van der Waals surface area contributed by atoms with Crippen LogP contribution in [0, 0.1) is 5.39 Å². The molecule has 0 aliphatic heterocycles. The summed E-state index contributed by atoms with van der Waals surface area (Å²) in [7, 11) is 3.79. The van der Waals surface area contributed by atoms with Gasteiger partial charge in [0, 0.05) is 12.1 Å². The molecule has 0 bridgehead atoms. The van der Waals surface area contributed by atoms with E-state index in [0.29, 0.717) is 22.0 Å². The van der Waals surface area contributed by atoms with Crippen LogP contribution in [-0.2, 0) is 0 Å². The van der Waals surface area contributed by atoms with E-state index < -0.39 is 7.77 Å². The second-order valence-electron chi connectivity index (χ2n) is 4.78. The summed E-state index contributed by atoms with van der Waals surface area (Å²) in [5, 5.41) is 18.8. The molecule has 90 valence electrons. The Morgan fingerprint density at radius 3 is 2.29 bits per heavy atom. The maximum Gasteiger partial charge on any atom is 0.385 e. The molecule has 0 aromatic heterocycles. The molecule has 6 heteroatoms. The molecular formula is C11H16N3O2P+2. The molecule has 0 saturated carbocycles. The van der Waals surface area contributed by atoms with E-state index in [2.05, 4.69) is 4.98 Å². The van der Waals surface area contributed by atoms with E-state index in [-0.39, 0.29) is 5.48 Å². The van der Waals surface area contributed by atoms with Crippen LogP contribution >= 0.6 is 7.77 Å². The fourth-order valence-corrected chi connectivity index (χ4v) is 2.56. The molecule has 5 nitrogen and oxygen atoms in total. The van der Waals surface area contributed by atoms with Crippen LogP contribution in [-0.4, -0.2) is 42.8 Å². The summed E-state index contributed by atoms with van der Waals surface area (Å²) in [6, 6.07) is 6.25. The van der Waals surface area contributed by atoms with Gasteiger partial charge in [-0.3, -0.25) is 0 Å². The number of benzene rings is 1. The Kier molecular flexibility index (Phi) is 4.33. The van der Waals surface area contributed by atoms with Crippen molar-refractivity contribution in [1.82, 2.24) is 0 Å². The van der Waals surface area contributed by atoms with Gasteiger partial charge in [-0.1, -0.05) is 0 Å². The predicted molar refractivity (Wildman–Crippen MR) is 67.6 cm³/mol. The van der Waals surface area contributed by atoms with E-state index in [1.165, 1.54) is 0 Å². The highest BCUT2D eigenvalue weighted by Crippen LogP contribution is 2.17. The molecule has 1 rings (SSSR count). The number of diazo groups is 1. The Morgan fingerprint density at radius 2 is 1.88 bits per heavy atom. The fraction of sp³-hybridized carbons (Fsp3) is 0.364. The molecule has 17 heavy (non-hydrogen) atoms. The number of likely N-dealkylation sites (N-methyl/N-ethyl adjacent to an activating group) is 1. The highest BCUT2D eigenvalue weighted by atomic mass is 31.1. The minimum atomic E-state index is -1.94. The standard InChI is InChI=1S/C11H15N3O2P/c1-14(2,3)8-11(15)17(16)10-6-4-9(13-12)5-7-10/h4-7H,8H2,1-3H3/q+1/p+1. The minimum Gasteiger partial charge on any atom is -0.624 e. The average molecular weight is 253 g/mol. The molecule has 0 saturated heterocycles. The summed E-state index contributed by atoms with van der Waals surface area (Å²) in [6.07, 6.45) is 0. The minimum absolute atomic E-state index is 0.0267. The average Bonchev–Trinajstić information content (AvgIpc) is 2.26. The van der Waals surface area contributed by atoms with Gasteiger partial charge < -0.3 is 14.5 Å². The van der Waals surface area contributed by atoms with Crippen molar-refractivity contribution in [3.05, 3.63) is 29.2 Å². The van der Waals surface area contributed by atoms with E-state index in [0.717, 1.165) is 0 Å². The van der Waals surface area contributed by atoms with Gasteiger partial charge in [-0.25, -0.2) is 0 Å². The van der Waals surface area contributed by atoms with Crippen LogP contribution in [0.4, 0.5) is 5.69 Å². The molecule has 1 atom stereocenters. The number of aliphatic hydroxyl groups is 1. The van der Waals surface area contributed by atoms with Gasteiger partial charge in [0.05, 0.1) is 21.1 Å². The quantitative estimate of drug-likeness (QED) is 0.491. The van der Waals surface area contributed by atoms with Gasteiger partial charge >= 0.3 is 5.69 Å². The van der Waals surface area contributed by atoms with Crippen molar-refractivity contribution < 1.29 is 14.5 Å². The van der Waals surface area contributed by atoms with Crippen LogP contribution in [0.15, 0.2) is 24.3 Å². The molecule has 0 amide bonds. The summed E-state index contributed by atoms with van der Waals surface area (Å²) in [5.41, 5.74) is 0.365. The number of rotatable bonds is 3. The van der Waals surface area contributed by atoms with E-state index in [9.17, 15) is 10.00 Å². The molecule has 0 radical (unpaired) electrons. The van der Waals surface area contributed by atoms with Crippen molar-refractivity contribution in [2.45, 2.75) is 0 Å². The highest BCUT2D eigenvalue weighted by Gasteiger charge is 2.19. The van der Waals surface area contributed by atoms with E-state index in [1.807, 2.05) is 21.1 Å². The maximum absolute atomic E-state index is 12.0. The zero-order valence-electron chi connectivity index (χ0n) is 10.2. The Balaban J connectivity index is 2.98. The summed E-state index contributed by atoms with van der Waals surface area (Å²) >= 11 is 0. The van der Waals surface area contributed by atoms with Crippen LogP contribution in [0.5, 0.6) is 0 Å². The number of nitrogens with zero attached hydrogens (tertiary/aromatic N) is 3. The van der Waals surface area contributed by atoms with Gasteiger partial charge in [-0.15, -0.1) is 0 Å². The molecule has 0 spiro atoms. The first-order valence-electron chi connectivity index (χ1n) is 5.11. The van der Waals surface area contributed by atoms with Crippen LogP contribution in [0.1, 0.15) is 0 Å². The number of quaternary nitrogens is 1. The van der Waals surface area contributed by atoms with Crippen molar-refractivity contribution in [3.63, 3.8) is 0 Å². The van der Waals surface area contributed by atoms with Gasteiger partial charge in [0.2, 0.25) is 5.39 Å². The molecular weight excluding hydrogens is 237 g/mol. The SMILES string of the molecule is C[N+](C)(C)C/C(O)=[P+](\[O-])c1ccc([N+]#N)cc1. The van der Waals surface area contributed by atoms with Crippen molar-refractivity contribution in [3.8, 4) is 0 Å². The molecule has 1 aromatic carbocycles. The van der Waals surface area contributed by atoms with E-state index >= 15 is 0 Å². The molecule has 1 aromatic rings. The molecule has 1 N–H and O–H groups in total. The summed E-state index contributed by atoms with van der Waals surface area (Å²) < 4.78 is 0.511. The summed E-state index contributed by atoms with van der Waals surface area (Å²) in [4.78, 5) is 15.0. The van der Waals surface area contributed by atoms with Gasteiger partial charge in [-0.2, -0.15) is 0 Å². The zero-order chi connectivity index (χ0) is 13.1. The Labute approximate surface area is 102 Å². The molecule has 0 aliphatic carbocycles. The third-order valence-corrected chi connectivity index (χ3v) is 3.43. The Morgan fingerprint density at radius 1 is 1.35 bits per heavy atom.